The van der Waals surface area contributed by atoms with E-state index < -0.39 is 0 Å². The first-order valence-electron chi connectivity index (χ1n) is 7.21. The second-order valence-electron chi connectivity index (χ2n) is 5.73. The molecule has 0 saturated heterocycles. The zero-order chi connectivity index (χ0) is 14.5. The van der Waals surface area contributed by atoms with Gasteiger partial charge in [-0.05, 0) is 36.0 Å². The monoisotopic (exact) mass is 268 g/mol. The molecule has 0 aliphatic heterocycles. The quantitative estimate of drug-likeness (QED) is 0.638. The lowest BCUT2D eigenvalue weighted by molar-refractivity contribution is 0.551. The summed E-state index contributed by atoms with van der Waals surface area (Å²) in [6.45, 7) is 6.52. The minimum Gasteiger partial charge on any atom is -0.271 e. The highest BCUT2D eigenvalue weighted by Gasteiger charge is 2.11. The number of hydrogen-bond acceptors (Lipinski definition) is 2. The molecular formula is C18H24N2. The van der Waals surface area contributed by atoms with Crippen molar-refractivity contribution in [2.24, 2.45) is 5.84 Å². The van der Waals surface area contributed by atoms with Gasteiger partial charge >= 0.3 is 0 Å². The van der Waals surface area contributed by atoms with Crippen LogP contribution in [-0.2, 0) is 6.42 Å². The van der Waals surface area contributed by atoms with Gasteiger partial charge in [-0.15, -0.1) is 0 Å². The van der Waals surface area contributed by atoms with Gasteiger partial charge in [0, 0.05) is 6.04 Å². The minimum atomic E-state index is 0.152. The standard InChI is InChI=1S/C18H24N2/c1-13(2)16-8-10-17(11-9-16)18(20-19)12-15-6-4-14(3)5-7-15/h4-11,13,18,20H,12,19H2,1-3H3. The van der Waals surface area contributed by atoms with E-state index in [1.165, 1.54) is 22.3 Å². The Kier molecular flexibility index (Phi) is 4.94. The molecule has 0 aliphatic carbocycles. The molecule has 2 aromatic carbocycles. The van der Waals surface area contributed by atoms with Gasteiger partial charge in [0.1, 0.15) is 0 Å². The van der Waals surface area contributed by atoms with Crippen molar-refractivity contribution in [3.8, 4) is 0 Å². The van der Waals surface area contributed by atoms with Gasteiger partial charge in [0.05, 0.1) is 0 Å². The van der Waals surface area contributed by atoms with E-state index in [4.69, 9.17) is 5.84 Å². The Hall–Kier alpha value is -1.64. The van der Waals surface area contributed by atoms with Gasteiger partial charge in [-0.25, -0.2) is 0 Å². The summed E-state index contributed by atoms with van der Waals surface area (Å²) in [5, 5.41) is 0. The Bertz CT molecular complexity index is 526. The zero-order valence-corrected chi connectivity index (χ0v) is 12.6. The number of benzene rings is 2. The molecule has 0 aliphatic rings. The van der Waals surface area contributed by atoms with Gasteiger partial charge in [-0.2, -0.15) is 0 Å². The van der Waals surface area contributed by atoms with Gasteiger partial charge in [-0.3, -0.25) is 11.3 Å². The average molecular weight is 268 g/mol. The Morgan fingerprint density at radius 3 is 1.95 bits per heavy atom. The van der Waals surface area contributed by atoms with E-state index in [0.29, 0.717) is 5.92 Å². The molecule has 0 bridgehead atoms. The molecule has 1 atom stereocenters. The van der Waals surface area contributed by atoms with Crippen molar-refractivity contribution in [3.05, 3.63) is 70.8 Å². The molecule has 0 radical (unpaired) electrons. The molecule has 0 amide bonds. The largest absolute Gasteiger partial charge is 0.271 e. The van der Waals surface area contributed by atoms with E-state index >= 15 is 0 Å². The maximum absolute atomic E-state index is 5.73. The average Bonchev–Trinajstić information content (AvgIpc) is 2.47. The lowest BCUT2D eigenvalue weighted by Crippen LogP contribution is -2.29. The molecule has 3 N–H and O–H groups in total. The van der Waals surface area contributed by atoms with Crippen LogP contribution in [-0.4, -0.2) is 0 Å². The van der Waals surface area contributed by atoms with Crippen LogP contribution in [0.15, 0.2) is 48.5 Å². The highest BCUT2D eigenvalue weighted by molar-refractivity contribution is 5.29. The highest BCUT2D eigenvalue weighted by atomic mass is 15.2. The van der Waals surface area contributed by atoms with E-state index in [1.807, 2.05) is 0 Å². The lowest BCUT2D eigenvalue weighted by Gasteiger charge is -2.17. The summed E-state index contributed by atoms with van der Waals surface area (Å²) < 4.78 is 0. The number of nitrogens with two attached hydrogens (primary N) is 1. The molecule has 0 saturated carbocycles. The molecule has 2 heteroatoms. The van der Waals surface area contributed by atoms with E-state index in [9.17, 15) is 0 Å². The number of hydrazine groups is 1. The first kappa shape index (κ1) is 14.8. The molecule has 1 unspecified atom stereocenters. The summed E-state index contributed by atoms with van der Waals surface area (Å²) in [6.07, 6.45) is 0.901. The third kappa shape index (κ3) is 3.69. The van der Waals surface area contributed by atoms with Crippen LogP contribution in [0.25, 0.3) is 0 Å². The topological polar surface area (TPSA) is 38.0 Å². The van der Waals surface area contributed by atoms with E-state index in [0.717, 1.165) is 6.42 Å². The fourth-order valence-electron chi connectivity index (χ4n) is 2.35. The molecular weight excluding hydrogens is 244 g/mol. The zero-order valence-electron chi connectivity index (χ0n) is 12.6. The molecule has 106 valence electrons. The first-order valence-corrected chi connectivity index (χ1v) is 7.21. The van der Waals surface area contributed by atoms with Crippen LogP contribution in [0.2, 0.25) is 0 Å². The van der Waals surface area contributed by atoms with E-state index in [-0.39, 0.29) is 6.04 Å². The SMILES string of the molecule is Cc1ccc(CC(NN)c2ccc(C(C)C)cc2)cc1. The van der Waals surface area contributed by atoms with Crippen molar-refractivity contribution in [1.29, 1.82) is 0 Å². The Morgan fingerprint density at radius 1 is 0.900 bits per heavy atom. The molecule has 2 nitrogen and oxygen atoms in total. The third-order valence-corrected chi connectivity index (χ3v) is 3.77. The van der Waals surface area contributed by atoms with Gasteiger partial charge < -0.3 is 0 Å². The van der Waals surface area contributed by atoms with Gasteiger partial charge in [0.2, 0.25) is 0 Å². The second-order valence-corrected chi connectivity index (χ2v) is 5.73. The highest BCUT2D eigenvalue weighted by Crippen LogP contribution is 2.21. The number of aryl methyl sites for hydroxylation is 1. The molecule has 0 aromatic heterocycles. The summed E-state index contributed by atoms with van der Waals surface area (Å²) in [4.78, 5) is 0. The fraction of sp³-hybridized carbons (Fsp3) is 0.333. The van der Waals surface area contributed by atoms with Gasteiger partial charge in [0.15, 0.2) is 0 Å². The van der Waals surface area contributed by atoms with Crippen molar-refractivity contribution in [1.82, 2.24) is 5.43 Å². The van der Waals surface area contributed by atoms with Gasteiger partial charge in [-0.1, -0.05) is 67.9 Å². The van der Waals surface area contributed by atoms with Crippen molar-refractivity contribution in [2.75, 3.05) is 0 Å². The Balaban J connectivity index is 2.13. The van der Waals surface area contributed by atoms with Crippen LogP contribution >= 0.6 is 0 Å². The maximum atomic E-state index is 5.73. The van der Waals surface area contributed by atoms with Crippen molar-refractivity contribution >= 4 is 0 Å². The number of rotatable bonds is 5. The van der Waals surface area contributed by atoms with Crippen molar-refractivity contribution in [3.63, 3.8) is 0 Å². The smallest absolute Gasteiger partial charge is 0.0500 e. The second kappa shape index (κ2) is 6.69. The Labute approximate surface area is 122 Å². The summed E-state index contributed by atoms with van der Waals surface area (Å²) >= 11 is 0. The summed E-state index contributed by atoms with van der Waals surface area (Å²) in [6, 6.07) is 17.5. The van der Waals surface area contributed by atoms with Crippen LogP contribution in [0.1, 0.15) is 48.1 Å². The van der Waals surface area contributed by atoms with Crippen LogP contribution < -0.4 is 11.3 Å². The van der Waals surface area contributed by atoms with Crippen molar-refractivity contribution < 1.29 is 0 Å². The van der Waals surface area contributed by atoms with Crippen LogP contribution in [0.3, 0.4) is 0 Å². The van der Waals surface area contributed by atoms with Crippen LogP contribution in [0.5, 0.6) is 0 Å². The maximum Gasteiger partial charge on any atom is 0.0500 e. The third-order valence-electron chi connectivity index (χ3n) is 3.77. The summed E-state index contributed by atoms with van der Waals surface area (Å²) in [5.74, 6) is 6.29. The fourth-order valence-corrected chi connectivity index (χ4v) is 2.35. The molecule has 2 aromatic rings. The van der Waals surface area contributed by atoms with Gasteiger partial charge in [0.25, 0.3) is 0 Å². The minimum absolute atomic E-state index is 0.152. The molecule has 0 heterocycles. The lowest BCUT2D eigenvalue weighted by atomic mass is 9.95. The van der Waals surface area contributed by atoms with E-state index in [1.54, 1.807) is 0 Å². The predicted octanol–water partition coefficient (Wildman–Crippen LogP) is 3.87. The molecule has 0 spiro atoms. The normalized spacial score (nSPS) is 12.7. The predicted molar refractivity (Wildman–Crippen MR) is 85.5 cm³/mol. The first-order chi connectivity index (χ1) is 9.60. The number of nitrogens with one attached hydrogen (secondary N) is 1. The van der Waals surface area contributed by atoms with Crippen LogP contribution in [0.4, 0.5) is 0 Å². The molecule has 2 rings (SSSR count). The van der Waals surface area contributed by atoms with E-state index in [2.05, 4.69) is 74.7 Å². The molecule has 0 fully saturated rings. The van der Waals surface area contributed by atoms with Crippen molar-refractivity contribution in [2.45, 2.75) is 39.2 Å². The summed E-state index contributed by atoms with van der Waals surface area (Å²) in [7, 11) is 0. The molecule has 20 heavy (non-hydrogen) atoms. The van der Waals surface area contributed by atoms with Crippen LogP contribution in [0, 0.1) is 6.92 Å². The summed E-state index contributed by atoms with van der Waals surface area (Å²) in [5.41, 5.74) is 8.11. The Morgan fingerprint density at radius 2 is 1.45 bits per heavy atom. The number of hydrogen-bond donors (Lipinski definition) is 2.